The van der Waals surface area contributed by atoms with Gasteiger partial charge in [0.1, 0.15) is 5.75 Å². The SMILES string of the molecule is Cc1ccccc1C(=O)Oc1ccc(N)cc1. The average molecular weight is 227 g/mol. The molecule has 17 heavy (non-hydrogen) atoms. The number of carbonyl (C=O) groups excluding carboxylic acids is 1. The van der Waals surface area contributed by atoms with Gasteiger partial charge in [0.05, 0.1) is 5.56 Å². The van der Waals surface area contributed by atoms with Gasteiger partial charge in [-0.15, -0.1) is 0 Å². The molecule has 0 aliphatic heterocycles. The summed E-state index contributed by atoms with van der Waals surface area (Å²) in [6, 6.07) is 14.0. The third-order valence-corrected chi connectivity index (χ3v) is 2.46. The molecular formula is C14H13NO2. The number of nitrogen functional groups attached to an aromatic ring is 1. The number of anilines is 1. The van der Waals surface area contributed by atoms with E-state index in [1.807, 2.05) is 25.1 Å². The van der Waals surface area contributed by atoms with Crippen LogP contribution in [0.25, 0.3) is 0 Å². The van der Waals surface area contributed by atoms with Crippen LogP contribution in [0.2, 0.25) is 0 Å². The van der Waals surface area contributed by atoms with Crippen LogP contribution in [-0.4, -0.2) is 5.97 Å². The normalized spacial score (nSPS) is 9.94. The van der Waals surface area contributed by atoms with E-state index in [1.165, 1.54) is 0 Å². The molecule has 0 heterocycles. The van der Waals surface area contributed by atoms with Crippen LogP contribution < -0.4 is 10.5 Å². The highest BCUT2D eigenvalue weighted by atomic mass is 16.5. The van der Waals surface area contributed by atoms with E-state index in [4.69, 9.17) is 10.5 Å². The van der Waals surface area contributed by atoms with Crippen molar-refractivity contribution in [2.75, 3.05) is 5.73 Å². The van der Waals surface area contributed by atoms with Gasteiger partial charge in [-0.3, -0.25) is 0 Å². The van der Waals surface area contributed by atoms with Gasteiger partial charge in [0, 0.05) is 5.69 Å². The second-order valence-electron chi connectivity index (χ2n) is 3.77. The number of ether oxygens (including phenoxy) is 1. The van der Waals surface area contributed by atoms with Crippen LogP contribution in [0.4, 0.5) is 5.69 Å². The van der Waals surface area contributed by atoms with Crippen molar-refractivity contribution in [1.82, 2.24) is 0 Å². The molecule has 0 amide bonds. The first-order valence-corrected chi connectivity index (χ1v) is 5.30. The van der Waals surface area contributed by atoms with E-state index in [2.05, 4.69) is 0 Å². The van der Waals surface area contributed by atoms with Crippen molar-refractivity contribution in [1.29, 1.82) is 0 Å². The van der Waals surface area contributed by atoms with Crippen molar-refractivity contribution < 1.29 is 9.53 Å². The molecular weight excluding hydrogens is 214 g/mol. The lowest BCUT2D eigenvalue weighted by Gasteiger charge is -2.06. The van der Waals surface area contributed by atoms with Gasteiger partial charge in [-0.1, -0.05) is 18.2 Å². The molecule has 0 radical (unpaired) electrons. The maximum absolute atomic E-state index is 11.9. The summed E-state index contributed by atoms with van der Waals surface area (Å²) in [6.45, 7) is 1.87. The Morgan fingerprint density at radius 1 is 1.06 bits per heavy atom. The molecule has 0 fully saturated rings. The second-order valence-corrected chi connectivity index (χ2v) is 3.77. The third kappa shape index (κ3) is 2.64. The fourth-order valence-corrected chi connectivity index (χ4v) is 1.50. The number of esters is 1. The van der Waals surface area contributed by atoms with Gasteiger partial charge < -0.3 is 10.5 Å². The van der Waals surface area contributed by atoms with Crippen LogP contribution in [0.15, 0.2) is 48.5 Å². The number of hydrogen-bond donors (Lipinski definition) is 1. The Kier molecular flexibility index (Phi) is 3.10. The second kappa shape index (κ2) is 4.70. The molecule has 0 atom stereocenters. The van der Waals surface area contributed by atoms with E-state index in [0.29, 0.717) is 17.0 Å². The van der Waals surface area contributed by atoms with E-state index < -0.39 is 0 Å². The van der Waals surface area contributed by atoms with Gasteiger partial charge in [0.25, 0.3) is 0 Å². The lowest BCUT2D eigenvalue weighted by molar-refractivity contribution is 0.0734. The van der Waals surface area contributed by atoms with Crippen molar-refractivity contribution in [3.05, 3.63) is 59.7 Å². The van der Waals surface area contributed by atoms with Crippen molar-refractivity contribution in [2.24, 2.45) is 0 Å². The molecule has 0 spiro atoms. The predicted molar refractivity (Wildman–Crippen MR) is 67.0 cm³/mol. The fraction of sp³-hybridized carbons (Fsp3) is 0.0714. The maximum Gasteiger partial charge on any atom is 0.343 e. The van der Waals surface area contributed by atoms with Gasteiger partial charge >= 0.3 is 5.97 Å². The van der Waals surface area contributed by atoms with Crippen molar-refractivity contribution in [3.8, 4) is 5.75 Å². The Hall–Kier alpha value is -2.29. The summed E-state index contributed by atoms with van der Waals surface area (Å²) in [5, 5.41) is 0. The number of hydrogen-bond acceptors (Lipinski definition) is 3. The molecule has 3 nitrogen and oxygen atoms in total. The Morgan fingerprint density at radius 2 is 1.71 bits per heavy atom. The quantitative estimate of drug-likeness (QED) is 0.487. The topological polar surface area (TPSA) is 52.3 Å². The first kappa shape index (κ1) is 11.2. The predicted octanol–water partition coefficient (Wildman–Crippen LogP) is 2.80. The van der Waals surface area contributed by atoms with Crippen LogP contribution >= 0.6 is 0 Å². The summed E-state index contributed by atoms with van der Waals surface area (Å²) in [5.74, 6) is 0.139. The molecule has 0 saturated carbocycles. The monoisotopic (exact) mass is 227 g/mol. The van der Waals surface area contributed by atoms with Crippen LogP contribution in [0.1, 0.15) is 15.9 Å². The van der Waals surface area contributed by atoms with E-state index in [-0.39, 0.29) is 5.97 Å². The Morgan fingerprint density at radius 3 is 2.35 bits per heavy atom. The Balaban J connectivity index is 2.17. The highest BCUT2D eigenvalue weighted by molar-refractivity contribution is 5.92. The minimum absolute atomic E-state index is 0.354. The van der Waals surface area contributed by atoms with Crippen molar-refractivity contribution >= 4 is 11.7 Å². The van der Waals surface area contributed by atoms with Crippen LogP contribution in [0.5, 0.6) is 5.75 Å². The highest BCUT2D eigenvalue weighted by Gasteiger charge is 2.10. The molecule has 0 unspecified atom stereocenters. The van der Waals surface area contributed by atoms with Crippen LogP contribution in [0.3, 0.4) is 0 Å². The number of carbonyl (C=O) groups is 1. The van der Waals surface area contributed by atoms with Crippen LogP contribution in [0, 0.1) is 6.92 Å². The van der Waals surface area contributed by atoms with Gasteiger partial charge in [0.2, 0.25) is 0 Å². The number of nitrogens with two attached hydrogens (primary N) is 1. The summed E-state index contributed by atoms with van der Waals surface area (Å²) in [7, 11) is 0. The molecule has 3 heteroatoms. The third-order valence-electron chi connectivity index (χ3n) is 2.46. The molecule has 86 valence electrons. The van der Waals surface area contributed by atoms with Crippen molar-refractivity contribution in [3.63, 3.8) is 0 Å². The van der Waals surface area contributed by atoms with Gasteiger partial charge in [-0.2, -0.15) is 0 Å². The zero-order chi connectivity index (χ0) is 12.3. The molecule has 0 saturated heterocycles. The lowest BCUT2D eigenvalue weighted by atomic mass is 10.1. The zero-order valence-corrected chi connectivity index (χ0v) is 9.51. The fourth-order valence-electron chi connectivity index (χ4n) is 1.50. The molecule has 0 bridgehead atoms. The first-order valence-electron chi connectivity index (χ1n) is 5.30. The maximum atomic E-state index is 11.9. The largest absolute Gasteiger partial charge is 0.423 e. The molecule has 2 N–H and O–H groups in total. The smallest absolute Gasteiger partial charge is 0.343 e. The number of aryl methyl sites for hydroxylation is 1. The standard InChI is InChI=1S/C14H13NO2/c1-10-4-2-3-5-13(10)14(16)17-12-8-6-11(15)7-9-12/h2-9H,15H2,1H3. The zero-order valence-electron chi connectivity index (χ0n) is 9.51. The number of benzene rings is 2. The summed E-state index contributed by atoms with van der Waals surface area (Å²) >= 11 is 0. The van der Waals surface area contributed by atoms with E-state index >= 15 is 0 Å². The Bertz CT molecular complexity index is 532. The van der Waals surface area contributed by atoms with Crippen LogP contribution in [-0.2, 0) is 0 Å². The summed E-state index contributed by atoms with van der Waals surface area (Å²) in [6.07, 6.45) is 0. The summed E-state index contributed by atoms with van der Waals surface area (Å²) in [5.41, 5.74) is 7.66. The minimum Gasteiger partial charge on any atom is -0.423 e. The number of rotatable bonds is 2. The molecule has 2 aromatic carbocycles. The highest BCUT2D eigenvalue weighted by Crippen LogP contribution is 2.16. The summed E-state index contributed by atoms with van der Waals surface area (Å²) < 4.78 is 5.24. The minimum atomic E-state index is -0.354. The summed E-state index contributed by atoms with van der Waals surface area (Å²) in [4.78, 5) is 11.9. The van der Waals surface area contributed by atoms with E-state index in [1.54, 1.807) is 30.3 Å². The molecule has 2 aromatic rings. The van der Waals surface area contributed by atoms with Crippen molar-refractivity contribution in [2.45, 2.75) is 6.92 Å². The molecule has 0 aromatic heterocycles. The average Bonchev–Trinajstić information content (AvgIpc) is 2.32. The van der Waals surface area contributed by atoms with Gasteiger partial charge in [-0.05, 0) is 42.8 Å². The first-order chi connectivity index (χ1) is 8.16. The molecule has 0 aliphatic carbocycles. The van der Waals surface area contributed by atoms with Gasteiger partial charge in [0.15, 0.2) is 0 Å². The van der Waals surface area contributed by atoms with E-state index in [0.717, 1.165) is 5.56 Å². The molecule has 0 aliphatic rings. The lowest BCUT2D eigenvalue weighted by Crippen LogP contribution is -2.09. The molecule has 2 rings (SSSR count). The van der Waals surface area contributed by atoms with Gasteiger partial charge in [-0.25, -0.2) is 4.79 Å². The van der Waals surface area contributed by atoms with E-state index in [9.17, 15) is 4.79 Å². The Labute approximate surface area is 99.8 Å².